The summed E-state index contributed by atoms with van der Waals surface area (Å²) in [5.74, 6) is 2.13. The zero-order valence-electron chi connectivity index (χ0n) is 21.8. The lowest BCUT2D eigenvalue weighted by molar-refractivity contribution is -0.173. The van der Waals surface area contributed by atoms with Gasteiger partial charge in [0.15, 0.2) is 0 Å². The number of nitrogens with zero attached hydrogens (tertiary/aromatic N) is 3. The summed E-state index contributed by atoms with van der Waals surface area (Å²) in [5, 5.41) is 6.96. The molecule has 0 atom stereocenters. The first kappa shape index (κ1) is 29.3. The maximum absolute atomic E-state index is 13.3. The Morgan fingerprint density at radius 1 is 1.15 bits per heavy atom. The summed E-state index contributed by atoms with van der Waals surface area (Å²) in [6.45, 7) is 3.41. The Labute approximate surface area is 224 Å². The van der Waals surface area contributed by atoms with Gasteiger partial charge in [0.25, 0.3) is 11.8 Å². The third-order valence-corrected chi connectivity index (χ3v) is 5.74. The second-order valence-electron chi connectivity index (χ2n) is 8.18. The fourth-order valence-corrected chi connectivity index (χ4v) is 3.92. The number of hydrogen-bond acceptors (Lipinski definition) is 5. The molecule has 1 aliphatic heterocycles. The summed E-state index contributed by atoms with van der Waals surface area (Å²) >= 11 is 0. The summed E-state index contributed by atoms with van der Waals surface area (Å²) in [5.41, 5.74) is 2.60. The fourth-order valence-electron chi connectivity index (χ4n) is 3.92. The van der Waals surface area contributed by atoms with Crippen LogP contribution in [-0.4, -0.2) is 54.6 Å². The smallest absolute Gasteiger partial charge is 0.411 e. The Morgan fingerprint density at radius 3 is 2.51 bits per heavy atom. The van der Waals surface area contributed by atoms with Crippen molar-refractivity contribution in [1.82, 2.24) is 9.78 Å². The zero-order valence-corrected chi connectivity index (χ0v) is 21.8. The average molecular weight is 543 g/mol. The van der Waals surface area contributed by atoms with Crippen molar-refractivity contribution in [3.63, 3.8) is 0 Å². The molecule has 2 aromatic carbocycles. The fraction of sp³-hybridized carbons (Fsp3) is 0.321. The highest BCUT2D eigenvalue weighted by Gasteiger charge is 2.30. The molecule has 0 spiro atoms. The number of terminal acetylenes is 1. The van der Waals surface area contributed by atoms with Gasteiger partial charge in [0.1, 0.15) is 18.1 Å². The molecule has 11 heteroatoms. The van der Waals surface area contributed by atoms with E-state index in [1.54, 1.807) is 41.3 Å². The zero-order chi connectivity index (χ0) is 28.6. The number of halogens is 3. The Bertz CT molecular complexity index is 1340. The minimum atomic E-state index is -4.36. The van der Waals surface area contributed by atoms with Crippen molar-refractivity contribution < 1.29 is 32.2 Å². The van der Waals surface area contributed by atoms with E-state index >= 15 is 0 Å². The van der Waals surface area contributed by atoms with Gasteiger partial charge in [0, 0.05) is 17.8 Å². The molecule has 4 rings (SSSR count). The minimum absolute atomic E-state index is 0.0687. The third-order valence-electron chi connectivity index (χ3n) is 5.74. The molecule has 0 unspecified atom stereocenters. The topological polar surface area (TPSA) is 85.7 Å². The molecular weight excluding hydrogens is 513 g/mol. The molecule has 0 radical (unpaired) electrons. The van der Waals surface area contributed by atoms with E-state index in [-0.39, 0.29) is 23.9 Å². The molecule has 8 nitrogen and oxygen atoms in total. The molecule has 2 heterocycles. The molecule has 39 heavy (non-hydrogen) atoms. The Kier molecular flexibility index (Phi) is 9.73. The largest absolute Gasteiger partial charge is 0.495 e. The number of nitrogens with one attached hydrogen (secondary N) is 1. The first-order valence-electron chi connectivity index (χ1n) is 12.3. The number of amides is 2. The molecule has 0 bridgehead atoms. The molecule has 0 fully saturated rings. The lowest BCUT2D eigenvalue weighted by atomic mass is 10.1. The van der Waals surface area contributed by atoms with E-state index in [9.17, 15) is 22.8 Å². The van der Waals surface area contributed by atoms with Gasteiger partial charge >= 0.3 is 6.18 Å². The van der Waals surface area contributed by atoms with Crippen molar-refractivity contribution in [3.8, 4) is 18.1 Å². The number of aromatic nitrogens is 2. The molecule has 0 saturated carbocycles. The number of fused-ring (bicyclic) bond motifs is 1. The van der Waals surface area contributed by atoms with E-state index in [0.29, 0.717) is 42.1 Å². The van der Waals surface area contributed by atoms with Crippen molar-refractivity contribution in [2.45, 2.75) is 33.0 Å². The van der Waals surface area contributed by atoms with Crippen molar-refractivity contribution in [2.75, 3.05) is 37.1 Å². The number of benzene rings is 2. The molecule has 3 aromatic rings. The minimum Gasteiger partial charge on any atom is -0.495 e. The van der Waals surface area contributed by atoms with Crippen LogP contribution in [0.1, 0.15) is 45.8 Å². The molecule has 2 amide bonds. The summed E-state index contributed by atoms with van der Waals surface area (Å²) in [4.78, 5) is 27.8. The molecule has 0 saturated heterocycles. The summed E-state index contributed by atoms with van der Waals surface area (Å²) in [7, 11) is 1.48. The van der Waals surface area contributed by atoms with Gasteiger partial charge in [-0.15, -0.1) is 6.42 Å². The van der Waals surface area contributed by atoms with E-state index in [4.69, 9.17) is 11.2 Å². The SMILES string of the molecule is C#Cc1cc(C(=O)Nc2cnn3c2C(=O)N(c2ccc(CCOCC(F)(F)F)cc2)CC3)ccc1OC.CC. The van der Waals surface area contributed by atoms with E-state index in [1.807, 2.05) is 13.8 Å². The molecule has 1 N–H and O–H groups in total. The summed E-state index contributed by atoms with van der Waals surface area (Å²) in [6, 6.07) is 11.6. The predicted octanol–water partition coefficient (Wildman–Crippen LogP) is 4.93. The van der Waals surface area contributed by atoms with Crippen LogP contribution in [0.2, 0.25) is 0 Å². The second-order valence-corrected chi connectivity index (χ2v) is 8.18. The van der Waals surface area contributed by atoms with Crippen LogP contribution in [0.5, 0.6) is 5.75 Å². The van der Waals surface area contributed by atoms with Gasteiger partial charge in [-0.1, -0.05) is 31.9 Å². The van der Waals surface area contributed by atoms with Gasteiger partial charge in [-0.25, -0.2) is 0 Å². The first-order valence-corrected chi connectivity index (χ1v) is 12.3. The van der Waals surface area contributed by atoms with Crippen LogP contribution in [0, 0.1) is 12.3 Å². The highest BCUT2D eigenvalue weighted by atomic mass is 19.4. The van der Waals surface area contributed by atoms with Crippen molar-refractivity contribution >= 4 is 23.2 Å². The highest BCUT2D eigenvalue weighted by molar-refractivity contribution is 6.13. The lowest BCUT2D eigenvalue weighted by Gasteiger charge is -2.28. The normalized spacial score (nSPS) is 12.6. The third kappa shape index (κ3) is 7.18. The van der Waals surface area contributed by atoms with Crippen LogP contribution < -0.4 is 15.0 Å². The van der Waals surface area contributed by atoms with Crippen molar-refractivity contribution in [2.24, 2.45) is 0 Å². The van der Waals surface area contributed by atoms with Crippen LogP contribution >= 0.6 is 0 Å². The highest BCUT2D eigenvalue weighted by Crippen LogP contribution is 2.27. The van der Waals surface area contributed by atoms with Gasteiger partial charge in [0.2, 0.25) is 0 Å². The first-order chi connectivity index (χ1) is 18.7. The average Bonchev–Trinajstić information content (AvgIpc) is 3.35. The van der Waals surface area contributed by atoms with Gasteiger partial charge in [-0.05, 0) is 42.3 Å². The van der Waals surface area contributed by atoms with Crippen LogP contribution in [0.15, 0.2) is 48.7 Å². The summed E-state index contributed by atoms with van der Waals surface area (Å²) in [6.07, 6.45) is 2.86. The number of carbonyl (C=O) groups excluding carboxylic acids is 2. The van der Waals surface area contributed by atoms with E-state index in [0.717, 1.165) is 5.56 Å². The number of hydrogen-bond donors (Lipinski definition) is 1. The predicted molar refractivity (Wildman–Crippen MR) is 141 cm³/mol. The van der Waals surface area contributed by atoms with Crippen LogP contribution in [0.3, 0.4) is 0 Å². The van der Waals surface area contributed by atoms with Crippen molar-refractivity contribution in [1.29, 1.82) is 0 Å². The van der Waals surface area contributed by atoms with Crippen molar-refractivity contribution in [3.05, 3.63) is 71.0 Å². The maximum atomic E-state index is 13.3. The Balaban J connectivity index is 0.00000205. The van der Waals surface area contributed by atoms with Crippen LogP contribution in [-0.2, 0) is 17.7 Å². The number of methoxy groups -OCH3 is 1. The second kappa shape index (κ2) is 13.0. The number of rotatable bonds is 8. The lowest BCUT2D eigenvalue weighted by Crippen LogP contribution is -2.41. The number of alkyl halides is 3. The van der Waals surface area contributed by atoms with Gasteiger partial charge in [-0.3, -0.25) is 14.3 Å². The quantitative estimate of drug-likeness (QED) is 0.322. The van der Waals surface area contributed by atoms with Gasteiger partial charge < -0.3 is 19.7 Å². The number of ether oxygens (including phenoxy) is 2. The molecule has 206 valence electrons. The van der Waals surface area contributed by atoms with Crippen LogP contribution in [0.4, 0.5) is 24.5 Å². The Morgan fingerprint density at radius 2 is 1.87 bits per heavy atom. The van der Waals surface area contributed by atoms with E-state index < -0.39 is 18.7 Å². The number of anilines is 2. The van der Waals surface area contributed by atoms with E-state index in [2.05, 4.69) is 21.1 Å². The van der Waals surface area contributed by atoms with Gasteiger partial charge in [0.05, 0.1) is 37.7 Å². The summed E-state index contributed by atoms with van der Waals surface area (Å²) < 4.78 is 48.0. The molecule has 0 aliphatic carbocycles. The molecular formula is C28H29F3N4O4. The monoisotopic (exact) mass is 542 g/mol. The molecule has 1 aromatic heterocycles. The standard InChI is InChI=1S/C26H23F3N4O4.C2H6/c1-3-18-14-19(6-9-22(18)36-2)24(34)31-21-15-30-33-12-11-32(25(35)23(21)33)20-7-4-17(5-8-20)10-13-37-16-26(27,28)29;1-2/h1,4-9,14-15H,10-13,16H2,2H3,(H,31,34);1-2H3. The molecule has 1 aliphatic rings. The van der Waals surface area contributed by atoms with Crippen LogP contribution in [0.25, 0.3) is 0 Å². The maximum Gasteiger partial charge on any atom is 0.411 e. The van der Waals surface area contributed by atoms with Gasteiger partial charge in [-0.2, -0.15) is 18.3 Å². The Hall–Kier alpha value is -4.30. The van der Waals surface area contributed by atoms with E-state index in [1.165, 1.54) is 24.1 Å². The number of carbonyl (C=O) groups is 2.